The van der Waals surface area contributed by atoms with Crippen molar-refractivity contribution in [2.24, 2.45) is 5.92 Å². The molecule has 0 radical (unpaired) electrons. The van der Waals surface area contributed by atoms with Crippen LogP contribution in [0.2, 0.25) is 0 Å². The minimum atomic E-state index is -0.378. The highest BCUT2D eigenvalue weighted by atomic mass is 32.2. The number of H-pyrrole nitrogens is 1. The van der Waals surface area contributed by atoms with Gasteiger partial charge in [0.1, 0.15) is 16.4 Å². The predicted molar refractivity (Wildman–Crippen MR) is 130 cm³/mol. The van der Waals surface area contributed by atoms with E-state index in [0.717, 1.165) is 31.2 Å². The molecule has 0 atom stereocenters. The van der Waals surface area contributed by atoms with E-state index in [1.165, 1.54) is 25.0 Å². The first-order valence-electron chi connectivity index (χ1n) is 11.7. The fraction of sp³-hybridized carbons (Fsp3) is 0.385. The van der Waals surface area contributed by atoms with Gasteiger partial charge in [-0.3, -0.25) is 15.0 Å². The van der Waals surface area contributed by atoms with E-state index in [1.807, 2.05) is 30.3 Å². The van der Waals surface area contributed by atoms with Gasteiger partial charge in [0, 0.05) is 16.5 Å². The fourth-order valence-electron chi connectivity index (χ4n) is 5.31. The Kier molecular flexibility index (Phi) is 5.91. The van der Waals surface area contributed by atoms with Gasteiger partial charge in [0.15, 0.2) is 0 Å². The van der Waals surface area contributed by atoms with Crippen LogP contribution in [0.1, 0.15) is 55.9 Å². The smallest absolute Gasteiger partial charge is 0.286 e. The van der Waals surface area contributed by atoms with Gasteiger partial charge in [-0.05, 0) is 55.4 Å². The molecule has 5 nitrogen and oxygen atoms in total. The van der Waals surface area contributed by atoms with Gasteiger partial charge in [0.25, 0.3) is 11.8 Å². The van der Waals surface area contributed by atoms with E-state index in [-0.39, 0.29) is 22.5 Å². The summed E-state index contributed by atoms with van der Waals surface area (Å²) in [5, 5.41) is 2.23. The lowest BCUT2D eigenvalue weighted by Gasteiger charge is -2.42. The highest BCUT2D eigenvalue weighted by Gasteiger charge is 2.49. The number of amides is 2. The number of hydrogen-bond acceptors (Lipinski definition) is 3. The van der Waals surface area contributed by atoms with Crippen molar-refractivity contribution in [3.8, 4) is 11.1 Å². The molecule has 2 aliphatic rings. The minimum absolute atomic E-state index is 0.0642. The number of thioether (sulfide) groups is 1. The topological polar surface area (TPSA) is 65.2 Å². The number of hydrazine groups is 1. The van der Waals surface area contributed by atoms with Crippen LogP contribution in [-0.4, -0.2) is 32.4 Å². The van der Waals surface area contributed by atoms with Crippen LogP contribution in [0.3, 0.4) is 0 Å². The number of aromatic nitrogens is 1. The first-order valence-corrected chi connectivity index (χ1v) is 12.6. The molecule has 3 aromatic rings. The zero-order valence-electron chi connectivity index (χ0n) is 18.7. The first kappa shape index (κ1) is 22.0. The third-order valence-corrected chi connectivity index (χ3v) is 8.49. The van der Waals surface area contributed by atoms with Gasteiger partial charge in [-0.25, -0.2) is 9.40 Å². The fourth-order valence-corrected chi connectivity index (χ4v) is 6.63. The summed E-state index contributed by atoms with van der Waals surface area (Å²) in [5.74, 6) is 0.270. The zero-order valence-corrected chi connectivity index (χ0v) is 19.5. The third kappa shape index (κ3) is 4.03. The van der Waals surface area contributed by atoms with Gasteiger partial charge >= 0.3 is 0 Å². The summed E-state index contributed by atoms with van der Waals surface area (Å²) in [7, 11) is 0. The Balaban J connectivity index is 1.47. The molecule has 1 aliphatic heterocycles. The molecule has 1 saturated carbocycles. The summed E-state index contributed by atoms with van der Waals surface area (Å²) < 4.78 is 14.1. The Morgan fingerprint density at radius 3 is 2.70 bits per heavy atom. The van der Waals surface area contributed by atoms with Crippen molar-refractivity contribution in [1.29, 1.82) is 0 Å². The summed E-state index contributed by atoms with van der Waals surface area (Å²) in [4.78, 5) is 29.2. The van der Waals surface area contributed by atoms with Crippen molar-refractivity contribution in [2.45, 2.75) is 50.3 Å². The second-order valence-electron chi connectivity index (χ2n) is 9.07. The zero-order chi connectivity index (χ0) is 23.0. The monoisotopic (exact) mass is 465 g/mol. The average molecular weight is 466 g/mol. The standard InChI is InChI=1S/C26H28FN3O2S/c1-2-6-17-11-13-26(14-12-17)30(22(31)16-33-26)29-25(32)24-23(18-7-4-3-5-8-18)20-15-19(27)9-10-21(20)28-24/h3-5,7-10,15,17,28H,2,6,11-14,16H2,1H3,(H,29,32). The molecule has 2 N–H and O–H groups in total. The average Bonchev–Trinajstić information content (AvgIpc) is 3.34. The minimum Gasteiger partial charge on any atom is -0.350 e. The van der Waals surface area contributed by atoms with E-state index < -0.39 is 0 Å². The maximum absolute atomic E-state index is 14.1. The van der Waals surface area contributed by atoms with Crippen LogP contribution in [-0.2, 0) is 4.79 Å². The Labute approximate surface area is 197 Å². The maximum Gasteiger partial charge on any atom is 0.286 e. The normalized spacial score (nSPS) is 22.9. The Bertz CT molecular complexity index is 1180. The van der Waals surface area contributed by atoms with Crippen molar-refractivity contribution in [1.82, 2.24) is 15.4 Å². The molecular weight excluding hydrogens is 437 g/mol. The van der Waals surface area contributed by atoms with Crippen molar-refractivity contribution >= 4 is 34.5 Å². The van der Waals surface area contributed by atoms with E-state index >= 15 is 0 Å². The summed E-state index contributed by atoms with van der Waals surface area (Å²) in [6, 6.07) is 13.9. The number of nitrogens with zero attached hydrogens (tertiary/aromatic N) is 1. The molecule has 2 heterocycles. The van der Waals surface area contributed by atoms with Gasteiger partial charge in [0.05, 0.1) is 5.75 Å². The van der Waals surface area contributed by atoms with Gasteiger partial charge in [-0.15, -0.1) is 11.8 Å². The van der Waals surface area contributed by atoms with E-state index in [9.17, 15) is 14.0 Å². The van der Waals surface area contributed by atoms with Crippen LogP contribution in [0, 0.1) is 11.7 Å². The van der Waals surface area contributed by atoms with Crippen LogP contribution in [0.15, 0.2) is 48.5 Å². The lowest BCUT2D eigenvalue weighted by Crippen LogP contribution is -2.55. The van der Waals surface area contributed by atoms with E-state index in [2.05, 4.69) is 17.3 Å². The van der Waals surface area contributed by atoms with Crippen molar-refractivity contribution in [2.75, 3.05) is 5.75 Å². The molecule has 0 bridgehead atoms. The summed E-state index contributed by atoms with van der Waals surface area (Å²) in [6.45, 7) is 2.21. The number of benzene rings is 2. The highest BCUT2D eigenvalue weighted by Crippen LogP contribution is 2.48. The Morgan fingerprint density at radius 2 is 1.97 bits per heavy atom. The van der Waals surface area contributed by atoms with E-state index in [4.69, 9.17) is 0 Å². The number of carbonyl (C=O) groups excluding carboxylic acids is 2. The molecule has 2 aromatic carbocycles. The molecular formula is C26H28FN3O2S. The number of carbonyl (C=O) groups is 2. The maximum atomic E-state index is 14.1. The molecule has 0 unspecified atom stereocenters. The summed E-state index contributed by atoms with van der Waals surface area (Å²) in [5.41, 5.74) is 5.41. The molecule has 33 heavy (non-hydrogen) atoms. The quantitative estimate of drug-likeness (QED) is 0.494. The summed E-state index contributed by atoms with van der Waals surface area (Å²) in [6.07, 6.45) is 6.30. The molecule has 2 amide bonds. The Hall–Kier alpha value is -2.80. The molecule has 1 saturated heterocycles. The SMILES string of the molecule is CCCC1CCC2(CC1)SCC(=O)N2NC(=O)c1[nH]c2ccc(F)cc2c1-c1ccccc1. The summed E-state index contributed by atoms with van der Waals surface area (Å²) >= 11 is 1.65. The van der Waals surface area contributed by atoms with Gasteiger partial charge in [0.2, 0.25) is 0 Å². The van der Waals surface area contributed by atoms with Crippen LogP contribution in [0.25, 0.3) is 22.0 Å². The number of aromatic amines is 1. The molecule has 2 fully saturated rings. The molecule has 1 aliphatic carbocycles. The van der Waals surface area contributed by atoms with Crippen LogP contribution in [0.4, 0.5) is 4.39 Å². The number of halogens is 1. The lowest BCUT2D eigenvalue weighted by molar-refractivity contribution is -0.134. The van der Waals surface area contributed by atoms with Gasteiger partial charge < -0.3 is 4.98 Å². The van der Waals surface area contributed by atoms with Crippen LogP contribution >= 0.6 is 11.8 Å². The van der Waals surface area contributed by atoms with Crippen molar-refractivity contribution < 1.29 is 14.0 Å². The molecule has 1 spiro atoms. The van der Waals surface area contributed by atoms with Gasteiger partial charge in [-0.1, -0.05) is 50.1 Å². The number of nitrogens with one attached hydrogen (secondary N) is 2. The number of rotatable bonds is 5. The second kappa shape index (κ2) is 8.86. The molecule has 1 aromatic heterocycles. The third-order valence-electron chi connectivity index (χ3n) is 6.97. The van der Waals surface area contributed by atoms with Crippen LogP contribution in [0.5, 0.6) is 0 Å². The molecule has 172 valence electrons. The lowest BCUT2D eigenvalue weighted by atomic mass is 9.83. The van der Waals surface area contributed by atoms with Gasteiger partial charge in [-0.2, -0.15) is 0 Å². The van der Waals surface area contributed by atoms with E-state index in [1.54, 1.807) is 22.8 Å². The largest absolute Gasteiger partial charge is 0.350 e. The van der Waals surface area contributed by atoms with E-state index in [0.29, 0.717) is 33.8 Å². The molecule has 5 rings (SSSR count). The predicted octanol–water partition coefficient (Wildman–Crippen LogP) is 5.88. The molecule has 7 heteroatoms. The first-order chi connectivity index (χ1) is 16.0. The second-order valence-corrected chi connectivity index (χ2v) is 10.4. The van der Waals surface area contributed by atoms with Crippen molar-refractivity contribution in [3.05, 3.63) is 60.0 Å². The number of fused-ring (bicyclic) bond motifs is 1. The van der Waals surface area contributed by atoms with Crippen molar-refractivity contribution in [3.63, 3.8) is 0 Å². The number of hydrogen-bond donors (Lipinski definition) is 2. The Morgan fingerprint density at radius 1 is 1.21 bits per heavy atom. The highest BCUT2D eigenvalue weighted by molar-refractivity contribution is 8.01. The van der Waals surface area contributed by atoms with Crippen LogP contribution < -0.4 is 5.43 Å².